The van der Waals surface area contributed by atoms with E-state index < -0.39 is 4.92 Å². The monoisotopic (exact) mass is 188 g/mol. The summed E-state index contributed by atoms with van der Waals surface area (Å²) in [6.45, 7) is 1.69. The van der Waals surface area contributed by atoms with Crippen molar-refractivity contribution in [2.75, 3.05) is 0 Å². The van der Waals surface area contributed by atoms with E-state index in [2.05, 4.69) is 4.98 Å². The van der Waals surface area contributed by atoms with Gasteiger partial charge in [0.05, 0.1) is 0 Å². The first-order valence-corrected chi connectivity index (χ1v) is 4.19. The van der Waals surface area contributed by atoms with E-state index in [1.54, 1.807) is 19.1 Å². The number of aromatic nitrogens is 1. The van der Waals surface area contributed by atoms with E-state index in [4.69, 9.17) is 0 Å². The van der Waals surface area contributed by atoms with Crippen LogP contribution in [-0.4, -0.2) is 9.91 Å². The minimum absolute atomic E-state index is 0.0660. The highest BCUT2D eigenvalue weighted by atomic mass is 16.6. The molecule has 0 aliphatic heterocycles. The molecule has 2 rings (SSSR count). The standard InChI is InChI=1S/C10H8N2O2/c1-7-6-8-4-2-3-5-9(8)11-10(7)12(13)14/h2-6H,1H3. The molecule has 0 radical (unpaired) electrons. The van der Waals surface area contributed by atoms with Crippen LogP contribution in [0.3, 0.4) is 0 Å². The van der Waals surface area contributed by atoms with Gasteiger partial charge in [0.2, 0.25) is 0 Å². The van der Waals surface area contributed by atoms with Gasteiger partial charge in [-0.05, 0) is 29.0 Å². The van der Waals surface area contributed by atoms with Gasteiger partial charge in [0.1, 0.15) is 0 Å². The van der Waals surface area contributed by atoms with Gasteiger partial charge >= 0.3 is 5.82 Å². The maximum Gasteiger partial charge on any atom is 0.366 e. The minimum atomic E-state index is -0.457. The van der Waals surface area contributed by atoms with E-state index in [-0.39, 0.29) is 5.82 Å². The molecule has 0 fully saturated rings. The molecule has 2 aromatic rings. The molecule has 0 aliphatic carbocycles. The molecule has 0 N–H and O–H groups in total. The second kappa shape index (κ2) is 3.06. The van der Waals surface area contributed by atoms with Crippen molar-refractivity contribution in [2.24, 2.45) is 0 Å². The molecule has 0 spiro atoms. The van der Waals surface area contributed by atoms with Crippen LogP contribution < -0.4 is 0 Å². The Morgan fingerprint density at radius 3 is 2.79 bits per heavy atom. The predicted molar refractivity (Wildman–Crippen MR) is 53.1 cm³/mol. The van der Waals surface area contributed by atoms with Crippen molar-refractivity contribution in [3.05, 3.63) is 46.0 Å². The molecule has 0 aliphatic rings. The third kappa shape index (κ3) is 1.31. The zero-order valence-corrected chi connectivity index (χ0v) is 7.60. The normalized spacial score (nSPS) is 10.4. The number of pyridine rings is 1. The first kappa shape index (κ1) is 8.62. The van der Waals surface area contributed by atoms with Crippen LogP contribution in [0.2, 0.25) is 0 Å². The number of para-hydroxylation sites is 1. The topological polar surface area (TPSA) is 56.0 Å². The van der Waals surface area contributed by atoms with Crippen molar-refractivity contribution in [1.82, 2.24) is 4.98 Å². The lowest BCUT2D eigenvalue weighted by atomic mass is 10.1. The molecular weight excluding hydrogens is 180 g/mol. The Bertz CT molecular complexity index is 508. The fraction of sp³-hybridized carbons (Fsp3) is 0.100. The van der Waals surface area contributed by atoms with Crippen LogP contribution in [0.1, 0.15) is 5.56 Å². The molecule has 70 valence electrons. The van der Waals surface area contributed by atoms with Crippen LogP contribution >= 0.6 is 0 Å². The lowest BCUT2D eigenvalue weighted by Crippen LogP contribution is -1.95. The maximum absolute atomic E-state index is 10.6. The van der Waals surface area contributed by atoms with Crippen molar-refractivity contribution in [1.29, 1.82) is 0 Å². The van der Waals surface area contributed by atoms with Gasteiger partial charge in [-0.1, -0.05) is 18.2 Å². The molecule has 1 heterocycles. The fourth-order valence-corrected chi connectivity index (χ4v) is 1.40. The summed E-state index contributed by atoms with van der Waals surface area (Å²) in [6.07, 6.45) is 0. The summed E-state index contributed by atoms with van der Waals surface area (Å²) >= 11 is 0. The SMILES string of the molecule is Cc1cc2ccccc2nc1[N+](=O)[O-]. The Balaban J connectivity index is 2.77. The van der Waals surface area contributed by atoms with Gasteiger partial charge in [-0.15, -0.1) is 0 Å². The zero-order chi connectivity index (χ0) is 10.1. The van der Waals surface area contributed by atoms with E-state index in [9.17, 15) is 10.1 Å². The largest absolute Gasteiger partial charge is 0.366 e. The quantitative estimate of drug-likeness (QED) is 0.510. The molecule has 0 atom stereocenters. The van der Waals surface area contributed by atoms with Gasteiger partial charge in [0, 0.05) is 10.9 Å². The van der Waals surface area contributed by atoms with E-state index >= 15 is 0 Å². The highest BCUT2D eigenvalue weighted by Crippen LogP contribution is 2.20. The second-order valence-corrected chi connectivity index (χ2v) is 3.08. The zero-order valence-electron chi connectivity index (χ0n) is 7.60. The van der Waals surface area contributed by atoms with Crippen LogP contribution in [0.5, 0.6) is 0 Å². The lowest BCUT2D eigenvalue weighted by molar-refractivity contribution is -0.389. The third-order valence-corrected chi connectivity index (χ3v) is 2.06. The van der Waals surface area contributed by atoms with Crippen LogP contribution in [0.15, 0.2) is 30.3 Å². The predicted octanol–water partition coefficient (Wildman–Crippen LogP) is 2.45. The van der Waals surface area contributed by atoms with Crippen molar-refractivity contribution < 1.29 is 4.92 Å². The summed E-state index contributed by atoms with van der Waals surface area (Å²) in [4.78, 5) is 14.1. The summed E-state index contributed by atoms with van der Waals surface area (Å²) in [5, 5.41) is 11.5. The Hall–Kier alpha value is -1.97. The fourth-order valence-electron chi connectivity index (χ4n) is 1.40. The third-order valence-electron chi connectivity index (χ3n) is 2.06. The van der Waals surface area contributed by atoms with Crippen molar-refractivity contribution in [3.63, 3.8) is 0 Å². The van der Waals surface area contributed by atoms with Gasteiger partial charge in [-0.2, -0.15) is 0 Å². The second-order valence-electron chi connectivity index (χ2n) is 3.08. The number of rotatable bonds is 1. The molecule has 1 aromatic heterocycles. The van der Waals surface area contributed by atoms with Gasteiger partial charge in [0.15, 0.2) is 5.52 Å². The molecule has 0 amide bonds. The average molecular weight is 188 g/mol. The summed E-state index contributed by atoms with van der Waals surface area (Å²) in [5.74, 6) is -0.0660. The number of fused-ring (bicyclic) bond motifs is 1. The molecule has 0 saturated heterocycles. The lowest BCUT2D eigenvalue weighted by Gasteiger charge is -1.98. The smallest absolute Gasteiger partial charge is 0.358 e. The molecule has 0 saturated carbocycles. The Labute approximate surface area is 80.4 Å². The van der Waals surface area contributed by atoms with Crippen LogP contribution in [-0.2, 0) is 0 Å². The molecule has 14 heavy (non-hydrogen) atoms. The Morgan fingerprint density at radius 1 is 1.36 bits per heavy atom. The van der Waals surface area contributed by atoms with E-state index in [0.717, 1.165) is 5.39 Å². The number of aryl methyl sites for hydroxylation is 1. The maximum atomic E-state index is 10.6. The minimum Gasteiger partial charge on any atom is -0.358 e. The van der Waals surface area contributed by atoms with Crippen molar-refractivity contribution in [2.45, 2.75) is 6.92 Å². The molecule has 4 heteroatoms. The van der Waals surface area contributed by atoms with Crippen LogP contribution in [0, 0.1) is 17.0 Å². The summed E-state index contributed by atoms with van der Waals surface area (Å²) in [6, 6.07) is 9.13. The summed E-state index contributed by atoms with van der Waals surface area (Å²) in [7, 11) is 0. The molecular formula is C10H8N2O2. The molecule has 1 aromatic carbocycles. The summed E-state index contributed by atoms with van der Waals surface area (Å²) < 4.78 is 0. The first-order chi connectivity index (χ1) is 6.68. The van der Waals surface area contributed by atoms with Crippen LogP contribution in [0.4, 0.5) is 5.82 Å². The van der Waals surface area contributed by atoms with Crippen LogP contribution in [0.25, 0.3) is 10.9 Å². The molecule has 4 nitrogen and oxygen atoms in total. The van der Waals surface area contributed by atoms with Crippen molar-refractivity contribution in [3.8, 4) is 0 Å². The van der Waals surface area contributed by atoms with E-state index in [1.165, 1.54) is 0 Å². The van der Waals surface area contributed by atoms with Gasteiger partial charge < -0.3 is 10.1 Å². The Kier molecular flexibility index (Phi) is 1.89. The van der Waals surface area contributed by atoms with E-state index in [0.29, 0.717) is 11.1 Å². The molecule has 0 bridgehead atoms. The van der Waals surface area contributed by atoms with Crippen molar-refractivity contribution >= 4 is 16.7 Å². The average Bonchev–Trinajstić information content (AvgIpc) is 2.16. The number of hydrogen-bond donors (Lipinski definition) is 0. The molecule has 0 unspecified atom stereocenters. The van der Waals surface area contributed by atoms with E-state index in [1.807, 2.05) is 18.2 Å². The number of hydrogen-bond acceptors (Lipinski definition) is 3. The highest BCUT2D eigenvalue weighted by molar-refractivity contribution is 5.80. The number of benzene rings is 1. The van der Waals surface area contributed by atoms with Gasteiger partial charge in [-0.25, -0.2) is 0 Å². The van der Waals surface area contributed by atoms with Gasteiger partial charge in [0.25, 0.3) is 0 Å². The number of nitrogens with zero attached hydrogens (tertiary/aromatic N) is 2. The number of nitro groups is 1. The Morgan fingerprint density at radius 2 is 2.07 bits per heavy atom. The first-order valence-electron chi connectivity index (χ1n) is 4.19. The van der Waals surface area contributed by atoms with Gasteiger partial charge in [-0.3, -0.25) is 0 Å². The highest BCUT2D eigenvalue weighted by Gasteiger charge is 2.13. The summed E-state index contributed by atoms with van der Waals surface area (Å²) in [5.41, 5.74) is 1.25.